The van der Waals surface area contributed by atoms with Crippen LogP contribution in [0.5, 0.6) is 17.2 Å². The highest BCUT2D eigenvalue weighted by molar-refractivity contribution is 6.46. The Labute approximate surface area is 210 Å². The molecule has 1 N–H and O–H groups in total. The van der Waals surface area contributed by atoms with Crippen molar-refractivity contribution < 1.29 is 28.9 Å². The number of likely N-dealkylation sites (tertiary alicyclic amines) is 2. The van der Waals surface area contributed by atoms with E-state index >= 15 is 0 Å². The zero-order valence-electron chi connectivity index (χ0n) is 20.2. The molecule has 2 fully saturated rings. The van der Waals surface area contributed by atoms with Gasteiger partial charge in [0, 0.05) is 18.7 Å². The second-order valence-corrected chi connectivity index (χ2v) is 9.13. The van der Waals surface area contributed by atoms with E-state index in [0.717, 1.165) is 31.5 Å². The van der Waals surface area contributed by atoms with E-state index in [1.165, 1.54) is 6.42 Å². The van der Waals surface area contributed by atoms with Crippen molar-refractivity contribution in [1.29, 1.82) is 0 Å². The fourth-order valence-corrected chi connectivity index (χ4v) is 4.99. The normalized spacial score (nSPS) is 21.1. The quantitative estimate of drug-likeness (QED) is 0.260. The van der Waals surface area contributed by atoms with E-state index in [1.54, 1.807) is 41.3 Å². The predicted molar refractivity (Wildman–Crippen MR) is 134 cm³/mol. The van der Waals surface area contributed by atoms with Crippen molar-refractivity contribution in [2.24, 2.45) is 0 Å². The van der Waals surface area contributed by atoms with Crippen molar-refractivity contribution in [2.45, 2.75) is 25.3 Å². The maximum atomic E-state index is 13.3. The molecule has 1 unspecified atom stereocenters. The Hall–Kier alpha value is -3.78. The Kier molecular flexibility index (Phi) is 6.95. The van der Waals surface area contributed by atoms with Crippen molar-refractivity contribution in [1.82, 2.24) is 9.80 Å². The summed E-state index contributed by atoms with van der Waals surface area (Å²) in [6.45, 7) is 7.17. The van der Waals surface area contributed by atoms with Crippen LogP contribution in [-0.4, -0.2) is 66.2 Å². The van der Waals surface area contributed by atoms with Gasteiger partial charge in [-0.3, -0.25) is 9.59 Å². The van der Waals surface area contributed by atoms with Crippen molar-refractivity contribution in [3.8, 4) is 17.2 Å². The van der Waals surface area contributed by atoms with Gasteiger partial charge in [0.15, 0.2) is 11.5 Å². The Balaban J connectivity index is 1.51. The number of rotatable bonds is 8. The molecule has 3 heterocycles. The molecule has 1 amide bonds. The molecular formula is C28H30N2O6. The number of benzene rings is 2. The van der Waals surface area contributed by atoms with E-state index in [0.29, 0.717) is 42.5 Å². The van der Waals surface area contributed by atoms with Crippen LogP contribution in [0.2, 0.25) is 0 Å². The van der Waals surface area contributed by atoms with Gasteiger partial charge in [0.2, 0.25) is 6.79 Å². The van der Waals surface area contributed by atoms with E-state index in [2.05, 4.69) is 11.5 Å². The van der Waals surface area contributed by atoms with Gasteiger partial charge in [0.1, 0.15) is 18.1 Å². The Morgan fingerprint density at radius 2 is 1.78 bits per heavy atom. The number of hydrogen-bond donors (Lipinski definition) is 1. The van der Waals surface area contributed by atoms with Crippen molar-refractivity contribution >= 4 is 17.4 Å². The molecule has 2 aromatic rings. The highest BCUT2D eigenvalue weighted by Gasteiger charge is 2.46. The Bertz CT molecular complexity index is 1180. The summed E-state index contributed by atoms with van der Waals surface area (Å²) in [7, 11) is 0. The summed E-state index contributed by atoms with van der Waals surface area (Å²) in [6.07, 6.45) is 5.16. The lowest BCUT2D eigenvalue weighted by atomic mass is 9.95. The van der Waals surface area contributed by atoms with Gasteiger partial charge in [-0.25, -0.2) is 0 Å². The lowest BCUT2D eigenvalue weighted by Crippen LogP contribution is -2.39. The fourth-order valence-electron chi connectivity index (χ4n) is 4.99. The number of aliphatic hydroxyl groups excluding tert-OH is 1. The van der Waals surface area contributed by atoms with Crippen molar-refractivity contribution in [3.63, 3.8) is 0 Å². The molecule has 0 radical (unpaired) electrons. The molecule has 8 nitrogen and oxygen atoms in total. The van der Waals surface area contributed by atoms with Gasteiger partial charge in [-0.2, -0.15) is 0 Å². The van der Waals surface area contributed by atoms with Gasteiger partial charge in [0.25, 0.3) is 11.7 Å². The van der Waals surface area contributed by atoms with Crippen molar-refractivity contribution in [2.75, 3.05) is 39.6 Å². The van der Waals surface area contributed by atoms with Crippen LogP contribution in [0.25, 0.3) is 5.76 Å². The summed E-state index contributed by atoms with van der Waals surface area (Å²) in [5, 5.41) is 11.3. The van der Waals surface area contributed by atoms with Crippen LogP contribution in [0.3, 0.4) is 0 Å². The average molecular weight is 491 g/mol. The van der Waals surface area contributed by atoms with Gasteiger partial charge in [-0.05, 0) is 61.8 Å². The van der Waals surface area contributed by atoms with E-state index in [9.17, 15) is 14.7 Å². The van der Waals surface area contributed by atoms with Crippen LogP contribution in [0.15, 0.2) is 60.7 Å². The van der Waals surface area contributed by atoms with Crippen LogP contribution in [0.1, 0.15) is 36.4 Å². The molecule has 0 aromatic heterocycles. The highest BCUT2D eigenvalue weighted by atomic mass is 16.7. The highest BCUT2D eigenvalue weighted by Crippen LogP contribution is 2.41. The number of ether oxygens (including phenoxy) is 3. The third-order valence-corrected chi connectivity index (χ3v) is 6.86. The molecule has 8 heteroatoms. The van der Waals surface area contributed by atoms with Gasteiger partial charge < -0.3 is 29.1 Å². The zero-order valence-corrected chi connectivity index (χ0v) is 20.2. The summed E-state index contributed by atoms with van der Waals surface area (Å²) < 4.78 is 16.4. The first kappa shape index (κ1) is 23.9. The second-order valence-electron chi connectivity index (χ2n) is 9.13. The third kappa shape index (κ3) is 4.68. The molecule has 0 spiro atoms. The fraction of sp³-hybridized carbons (Fsp3) is 0.357. The molecule has 0 aliphatic carbocycles. The second kappa shape index (κ2) is 10.5. The molecule has 3 aliphatic rings. The maximum absolute atomic E-state index is 13.3. The molecule has 188 valence electrons. The monoisotopic (exact) mass is 490 g/mol. The van der Waals surface area contributed by atoms with Crippen LogP contribution in [-0.2, 0) is 9.59 Å². The van der Waals surface area contributed by atoms with Gasteiger partial charge in [-0.15, -0.1) is 0 Å². The molecule has 0 bridgehead atoms. The number of carbonyl (C=O) groups excluding carboxylic acids is 2. The van der Waals surface area contributed by atoms with Gasteiger partial charge >= 0.3 is 0 Å². The summed E-state index contributed by atoms with van der Waals surface area (Å²) in [4.78, 5) is 30.4. The number of Topliss-reactive ketones (excluding diaryl/α,β-unsaturated/α-hetero) is 1. The van der Waals surface area contributed by atoms with E-state index in [4.69, 9.17) is 14.2 Å². The van der Waals surface area contributed by atoms with Crippen molar-refractivity contribution in [3.05, 3.63) is 71.8 Å². The predicted octanol–water partition coefficient (Wildman–Crippen LogP) is 3.89. The topological polar surface area (TPSA) is 88.5 Å². The van der Waals surface area contributed by atoms with Crippen LogP contribution >= 0.6 is 0 Å². The number of carbonyl (C=O) groups is 2. The number of fused-ring (bicyclic) bond motifs is 1. The molecule has 2 saturated heterocycles. The smallest absolute Gasteiger partial charge is 0.295 e. The van der Waals surface area contributed by atoms with Gasteiger partial charge in [0.05, 0.1) is 11.6 Å². The number of aliphatic hydroxyl groups is 1. The lowest BCUT2D eigenvalue weighted by Gasteiger charge is -2.31. The van der Waals surface area contributed by atoms with E-state index in [1.807, 2.05) is 12.1 Å². The number of nitrogens with zero attached hydrogens (tertiary/aromatic N) is 2. The molecule has 2 aromatic carbocycles. The number of ketones is 1. The number of piperidine rings is 1. The standard InChI is InChI=1S/C28H30N2O6/c1-2-16-34-21-9-6-19(7-10-21)25-24(26(31)20-8-11-22-23(17-20)36-18-35-22)27(32)28(33)30(25)15-14-29-12-4-3-5-13-29/h2,6-11,17,25,31H,1,3-5,12-16,18H2/b26-24+. The largest absolute Gasteiger partial charge is 0.507 e. The zero-order chi connectivity index (χ0) is 25.1. The molecule has 1 atom stereocenters. The summed E-state index contributed by atoms with van der Waals surface area (Å²) >= 11 is 0. The first-order chi connectivity index (χ1) is 17.6. The third-order valence-electron chi connectivity index (χ3n) is 6.86. The van der Waals surface area contributed by atoms with Crippen LogP contribution < -0.4 is 14.2 Å². The maximum Gasteiger partial charge on any atom is 0.295 e. The van der Waals surface area contributed by atoms with Crippen LogP contribution in [0, 0.1) is 0 Å². The first-order valence-electron chi connectivity index (χ1n) is 12.3. The molecule has 0 saturated carbocycles. The van der Waals surface area contributed by atoms with Crippen LogP contribution in [0.4, 0.5) is 0 Å². The molecule has 3 aliphatic heterocycles. The van der Waals surface area contributed by atoms with E-state index < -0.39 is 17.7 Å². The summed E-state index contributed by atoms with van der Waals surface area (Å²) in [5.41, 5.74) is 1.18. The number of hydrogen-bond acceptors (Lipinski definition) is 7. The minimum atomic E-state index is -0.714. The Morgan fingerprint density at radius 1 is 1.03 bits per heavy atom. The molecule has 5 rings (SSSR count). The SMILES string of the molecule is C=CCOc1ccc(C2/C(=C(\O)c3ccc4c(c3)OCO4)C(=O)C(=O)N2CCN2CCCCC2)cc1. The number of amides is 1. The molecule has 36 heavy (non-hydrogen) atoms. The minimum absolute atomic E-state index is 0.0669. The first-order valence-corrected chi connectivity index (χ1v) is 12.3. The van der Waals surface area contributed by atoms with Gasteiger partial charge in [-0.1, -0.05) is 31.2 Å². The van der Waals surface area contributed by atoms with E-state index in [-0.39, 0.29) is 18.1 Å². The molecular weight excluding hydrogens is 460 g/mol. The summed E-state index contributed by atoms with van der Waals surface area (Å²) in [5.74, 6) is 0.176. The lowest BCUT2D eigenvalue weighted by molar-refractivity contribution is -0.140. The average Bonchev–Trinajstić information content (AvgIpc) is 3.48. The summed E-state index contributed by atoms with van der Waals surface area (Å²) in [6, 6.07) is 11.5. The Morgan fingerprint density at radius 3 is 2.53 bits per heavy atom. The minimum Gasteiger partial charge on any atom is -0.507 e.